The van der Waals surface area contributed by atoms with E-state index in [4.69, 9.17) is 0 Å². The molecule has 0 spiro atoms. The van der Waals surface area contributed by atoms with Crippen LogP contribution in [0, 0.1) is 11.8 Å². The SMILES string of the molecule is O=C(O)C1CCC(C(=O)O)(c2ccc(C3(C(=O)O)CCC(C(=O)O)CC3)c(/C=N/Nc3nc4ccccc4s3)c2)CC1. The van der Waals surface area contributed by atoms with E-state index in [1.807, 2.05) is 24.3 Å². The first kappa shape index (κ1) is 29.2. The van der Waals surface area contributed by atoms with Crippen molar-refractivity contribution in [2.45, 2.75) is 62.2 Å². The van der Waals surface area contributed by atoms with E-state index in [0.717, 1.165) is 10.2 Å². The second-order valence-electron chi connectivity index (χ2n) is 11.2. The minimum absolute atomic E-state index is 0.106. The lowest BCUT2D eigenvalue weighted by molar-refractivity contribution is -0.150. The van der Waals surface area contributed by atoms with Crippen LogP contribution >= 0.6 is 11.3 Å². The summed E-state index contributed by atoms with van der Waals surface area (Å²) in [6, 6.07) is 12.5. The van der Waals surface area contributed by atoms with Gasteiger partial charge in [-0.05, 0) is 86.3 Å². The van der Waals surface area contributed by atoms with Gasteiger partial charge in [-0.2, -0.15) is 5.10 Å². The van der Waals surface area contributed by atoms with E-state index in [1.54, 1.807) is 18.2 Å². The van der Waals surface area contributed by atoms with Crippen molar-refractivity contribution in [3.63, 3.8) is 0 Å². The standard InChI is InChI=1S/C30H31N3O8S/c34-24(35)17-7-11-29(12-8-17,26(38)39)20-5-6-21(30(27(40)41)13-9-18(10-14-30)25(36)37)19(15-20)16-31-33-28-32-22-3-1-2-4-23(22)42-28/h1-6,15-18H,7-14H2,(H,32,33)(H,34,35)(H,36,37)(H,38,39)(H,40,41)/b31-16+. The molecular weight excluding hydrogens is 562 g/mol. The molecule has 0 amide bonds. The fourth-order valence-corrected chi connectivity index (χ4v) is 7.24. The normalized spacial score (nSPS) is 26.2. The molecule has 2 fully saturated rings. The number of carboxylic acids is 4. The van der Waals surface area contributed by atoms with Crippen molar-refractivity contribution in [1.82, 2.24) is 4.98 Å². The fourth-order valence-electron chi connectivity index (χ4n) is 6.42. The van der Waals surface area contributed by atoms with Gasteiger partial charge in [0.05, 0.1) is 39.1 Å². The zero-order chi connectivity index (χ0) is 30.1. The highest BCUT2D eigenvalue weighted by Crippen LogP contribution is 2.46. The first-order valence-electron chi connectivity index (χ1n) is 13.8. The van der Waals surface area contributed by atoms with Crippen LogP contribution in [-0.4, -0.2) is 55.5 Å². The maximum atomic E-state index is 12.8. The highest BCUT2D eigenvalue weighted by atomic mass is 32.1. The number of anilines is 1. The summed E-state index contributed by atoms with van der Waals surface area (Å²) in [5, 5.41) is 44.6. The lowest BCUT2D eigenvalue weighted by Gasteiger charge is -2.39. The number of aliphatic carboxylic acids is 4. The highest BCUT2D eigenvalue weighted by molar-refractivity contribution is 7.22. The molecule has 0 aliphatic heterocycles. The number of hydrazone groups is 1. The number of hydrogen-bond acceptors (Lipinski definition) is 8. The maximum Gasteiger partial charge on any atom is 0.314 e. The van der Waals surface area contributed by atoms with Crippen LogP contribution in [0.4, 0.5) is 5.13 Å². The van der Waals surface area contributed by atoms with Gasteiger partial charge in [0.2, 0.25) is 5.13 Å². The Morgan fingerprint density at radius 2 is 1.40 bits per heavy atom. The predicted molar refractivity (Wildman–Crippen MR) is 155 cm³/mol. The lowest BCUT2D eigenvalue weighted by atomic mass is 9.63. The van der Waals surface area contributed by atoms with Gasteiger partial charge in [0.15, 0.2) is 0 Å². The summed E-state index contributed by atoms with van der Waals surface area (Å²) in [5.41, 5.74) is 2.26. The quantitative estimate of drug-likeness (QED) is 0.168. The number of carboxylic acid groups (broad SMARTS) is 4. The topological polar surface area (TPSA) is 186 Å². The van der Waals surface area contributed by atoms with Crippen LogP contribution < -0.4 is 5.43 Å². The molecule has 0 radical (unpaired) electrons. The van der Waals surface area contributed by atoms with Crippen molar-refractivity contribution >= 4 is 56.8 Å². The molecule has 0 saturated heterocycles. The minimum atomic E-state index is -1.38. The molecule has 1 aromatic heterocycles. The molecule has 42 heavy (non-hydrogen) atoms. The van der Waals surface area contributed by atoms with Gasteiger partial charge in [-0.15, -0.1) is 0 Å². The first-order chi connectivity index (χ1) is 20.1. The van der Waals surface area contributed by atoms with Crippen LogP contribution in [-0.2, 0) is 30.0 Å². The third-order valence-corrected chi connectivity index (χ3v) is 9.91. The average molecular weight is 594 g/mol. The molecular formula is C30H31N3O8S. The number of nitrogens with zero attached hydrogens (tertiary/aromatic N) is 2. The summed E-state index contributed by atoms with van der Waals surface area (Å²) in [7, 11) is 0. The molecule has 3 aromatic rings. The van der Waals surface area contributed by atoms with Gasteiger partial charge in [0.1, 0.15) is 0 Å². The van der Waals surface area contributed by atoms with Gasteiger partial charge < -0.3 is 20.4 Å². The monoisotopic (exact) mass is 593 g/mol. The van der Waals surface area contributed by atoms with Gasteiger partial charge in [0, 0.05) is 0 Å². The van der Waals surface area contributed by atoms with Gasteiger partial charge in [-0.3, -0.25) is 24.6 Å². The molecule has 0 atom stereocenters. The van der Waals surface area contributed by atoms with Crippen molar-refractivity contribution < 1.29 is 39.6 Å². The van der Waals surface area contributed by atoms with Gasteiger partial charge in [-0.1, -0.05) is 35.6 Å². The van der Waals surface area contributed by atoms with E-state index in [9.17, 15) is 39.6 Å². The van der Waals surface area contributed by atoms with Crippen LogP contribution in [0.2, 0.25) is 0 Å². The number of thiazole rings is 1. The zero-order valence-corrected chi connectivity index (χ0v) is 23.5. The number of aromatic nitrogens is 1. The summed E-state index contributed by atoms with van der Waals surface area (Å²) in [5.74, 6) is -5.29. The summed E-state index contributed by atoms with van der Waals surface area (Å²) in [6.07, 6.45) is 2.73. The van der Waals surface area contributed by atoms with Crippen molar-refractivity contribution in [2.24, 2.45) is 16.9 Å². The smallest absolute Gasteiger partial charge is 0.314 e. The Kier molecular flexibility index (Phi) is 8.00. The van der Waals surface area contributed by atoms with Crippen LogP contribution in [0.5, 0.6) is 0 Å². The number of nitrogens with one attached hydrogen (secondary N) is 1. The van der Waals surface area contributed by atoms with E-state index in [0.29, 0.717) is 21.8 Å². The average Bonchev–Trinajstić information content (AvgIpc) is 3.40. The number of fused-ring (bicyclic) bond motifs is 1. The van der Waals surface area contributed by atoms with Crippen LogP contribution in [0.25, 0.3) is 10.2 Å². The molecule has 5 N–H and O–H groups in total. The Balaban J connectivity index is 1.55. The molecule has 2 aliphatic carbocycles. The van der Waals surface area contributed by atoms with Crippen LogP contribution in [0.3, 0.4) is 0 Å². The molecule has 0 bridgehead atoms. The first-order valence-corrected chi connectivity index (χ1v) is 14.6. The van der Waals surface area contributed by atoms with Gasteiger partial charge >= 0.3 is 23.9 Å². The largest absolute Gasteiger partial charge is 0.481 e. The summed E-state index contributed by atoms with van der Waals surface area (Å²) in [6.45, 7) is 0. The number of benzene rings is 2. The van der Waals surface area contributed by atoms with Gasteiger partial charge in [0.25, 0.3) is 0 Å². The Bertz CT molecular complexity index is 1530. The summed E-state index contributed by atoms with van der Waals surface area (Å²) < 4.78 is 0.957. The van der Waals surface area contributed by atoms with Gasteiger partial charge in [-0.25, -0.2) is 4.98 Å². The second kappa shape index (κ2) is 11.5. The number of rotatable bonds is 9. The van der Waals surface area contributed by atoms with Crippen molar-refractivity contribution in [3.8, 4) is 0 Å². The lowest BCUT2D eigenvalue weighted by Crippen LogP contribution is -2.43. The predicted octanol–water partition coefficient (Wildman–Crippen LogP) is 4.94. The molecule has 12 heteroatoms. The van der Waals surface area contributed by atoms with Crippen molar-refractivity contribution in [1.29, 1.82) is 0 Å². The van der Waals surface area contributed by atoms with E-state index in [-0.39, 0.29) is 51.4 Å². The Morgan fingerprint density at radius 1 is 0.833 bits per heavy atom. The van der Waals surface area contributed by atoms with E-state index in [2.05, 4.69) is 15.5 Å². The summed E-state index contributed by atoms with van der Waals surface area (Å²) in [4.78, 5) is 53.1. The fraction of sp³-hybridized carbons (Fsp3) is 0.400. The molecule has 11 nitrogen and oxygen atoms in total. The maximum absolute atomic E-state index is 12.8. The Morgan fingerprint density at radius 3 is 1.95 bits per heavy atom. The zero-order valence-electron chi connectivity index (χ0n) is 22.7. The van der Waals surface area contributed by atoms with Crippen LogP contribution in [0.15, 0.2) is 47.6 Å². The minimum Gasteiger partial charge on any atom is -0.481 e. The molecule has 5 rings (SSSR count). The third-order valence-electron chi connectivity index (χ3n) is 8.97. The molecule has 2 aliphatic rings. The third kappa shape index (κ3) is 5.34. The van der Waals surface area contributed by atoms with Crippen molar-refractivity contribution in [3.05, 3.63) is 59.2 Å². The molecule has 1 heterocycles. The Labute approximate surface area is 244 Å². The van der Waals surface area contributed by atoms with E-state index >= 15 is 0 Å². The number of carbonyl (C=O) groups is 4. The number of hydrogen-bond donors (Lipinski definition) is 5. The Hall–Kier alpha value is -4.32. The van der Waals surface area contributed by atoms with Crippen molar-refractivity contribution in [2.75, 3.05) is 5.43 Å². The van der Waals surface area contributed by atoms with Crippen LogP contribution in [0.1, 0.15) is 68.1 Å². The molecule has 220 valence electrons. The van der Waals surface area contributed by atoms with E-state index in [1.165, 1.54) is 17.6 Å². The second-order valence-corrected chi connectivity index (χ2v) is 12.2. The molecule has 2 aromatic carbocycles. The molecule has 0 unspecified atom stereocenters. The highest BCUT2D eigenvalue weighted by Gasteiger charge is 2.48. The van der Waals surface area contributed by atoms with E-state index < -0.39 is 46.5 Å². The molecule has 2 saturated carbocycles. The number of para-hydroxylation sites is 1. The summed E-state index contributed by atoms with van der Waals surface area (Å²) >= 11 is 1.39.